The zero-order valence-corrected chi connectivity index (χ0v) is 11.2. The highest BCUT2D eigenvalue weighted by molar-refractivity contribution is 9.10. The van der Waals surface area contributed by atoms with Crippen LogP contribution < -0.4 is 16.0 Å². The summed E-state index contributed by atoms with van der Waals surface area (Å²) in [5, 5.41) is 2.84. The summed E-state index contributed by atoms with van der Waals surface area (Å²) < 4.78 is 0.674. The van der Waals surface area contributed by atoms with Crippen molar-refractivity contribution in [2.75, 3.05) is 36.8 Å². The average Bonchev–Trinajstić information content (AvgIpc) is 2.69. The van der Waals surface area contributed by atoms with Crippen molar-refractivity contribution in [1.82, 2.24) is 20.2 Å². The van der Waals surface area contributed by atoms with Crippen molar-refractivity contribution in [1.29, 1.82) is 0 Å². The first-order valence-electron chi connectivity index (χ1n) is 5.73. The summed E-state index contributed by atoms with van der Waals surface area (Å²) >= 11 is 3.31. The predicted molar refractivity (Wildman–Crippen MR) is 70.3 cm³/mol. The molecule has 0 aromatic carbocycles. The second kappa shape index (κ2) is 4.27. The van der Waals surface area contributed by atoms with E-state index in [1.165, 1.54) is 0 Å². The third-order valence-corrected chi connectivity index (χ3v) is 3.62. The van der Waals surface area contributed by atoms with Gasteiger partial charge in [-0.25, -0.2) is 9.78 Å². The smallest absolute Gasteiger partial charge is 0.317 e. The van der Waals surface area contributed by atoms with Crippen molar-refractivity contribution >= 4 is 33.7 Å². The van der Waals surface area contributed by atoms with Gasteiger partial charge in [0, 0.05) is 32.2 Å². The Morgan fingerprint density at radius 2 is 2.28 bits per heavy atom. The van der Waals surface area contributed by atoms with Gasteiger partial charge in [-0.2, -0.15) is 4.98 Å². The zero-order valence-electron chi connectivity index (χ0n) is 9.64. The van der Waals surface area contributed by atoms with E-state index >= 15 is 0 Å². The van der Waals surface area contributed by atoms with Crippen LogP contribution in [-0.4, -0.2) is 53.1 Å². The maximum Gasteiger partial charge on any atom is 0.317 e. The van der Waals surface area contributed by atoms with E-state index in [4.69, 9.17) is 5.73 Å². The number of carbonyl (C=O) groups is 1. The third kappa shape index (κ3) is 1.96. The molecular formula is C10H13BrN6O. The normalized spacial score (nSPS) is 22.9. The number of nitrogens with two attached hydrogens (primary N) is 1. The molecule has 1 unspecified atom stereocenters. The molecule has 2 amide bonds. The van der Waals surface area contributed by atoms with Crippen LogP contribution in [0.5, 0.6) is 0 Å². The van der Waals surface area contributed by atoms with E-state index < -0.39 is 0 Å². The number of amides is 2. The number of carbonyl (C=O) groups excluding carboxylic acids is 1. The number of nitrogens with zero attached hydrogens (tertiary/aromatic N) is 4. The number of nitrogens with one attached hydrogen (secondary N) is 1. The van der Waals surface area contributed by atoms with Gasteiger partial charge < -0.3 is 20.9 Å². The van der Waals surface area contributed by atoms with Gasteiger partial charge in [-0.1, -0.05) is 0 Å². The van der Waals surface area contributed by atoms with Gasteiger partial charge in [-0.15, -0.1) is 0 Å². The van der Waals surface area contributed by atoms with Crippen LogP contribution in [0.4, 0.5) is 16.6 Å². The van der Waals surface area contributed by atoms with Gasteiger partial charge in [-0.3, -0.25) is 0 Å². The molecule has 0 saturated carbocycles. The summed E-state index contributed by atoms with van der Waals surface area (Å²) in [7, 11) is 0. The van der Waals surface area contributed by atoms with Gasteiger partial charge in [0.15, 0.2) is 0 Å². The van der Waals surface area contributed by atoms with Crippen LogP contribution in [0.15, 0.2) is 10.7 Å². The highest BCUT2D eigenvalue weighted by Crippen LogP contribution is 2.20. The fourth-order valence-electron chi connectivity index (χ4n) is 2.35. The average molecular weight is 313 g/mol. The van der Waals surface area contributed by atoms with Gasteiger partial charge in [0.2, 0.25) is 5.95 Å². The molecule has 1 aromatic heterocycles. The molecule has 2 aliphatic heterocycles. The molecule has 0 radical (unpaired) electrons. The first kappa shape index (κ1) is 11.5. The Hall–Kier alpha value is -1.57. The molecule has 18 heavy (non-hydrogen) atoms. The second-order valence-electron chi connectivity index (χ2n) is 4.39. The van der Waals surface area contributed by atoms with Crippen molar-refractivity contribution in [2.24, 2.45) is 0 Å². The summed E-state index contributed by atoms with van der Waals surface area (Å²) in [6.07, 6.45) is 0. The Bertz CT molecular complexity index is 475. The van der Waals surface area contributed by atoms with E-state index in [9.17, 15) is 4.79 Å². The maximum absolute atomic E-state index is 11.5. The van der Waals surface area contributed by atoms with Crippen LogP contribution in [0.25, 0.3) is 0 Å². The summed E-state index contributed by atoms with van der Waals surface area (Å²) in [5.74, 6) is 1.05. The number of aromatic nitrogens is 2. The van der Waals surface area contributed by atoms with Crippen LogP contribution >= 0.6 is 15.9 Å². The Morgan fingerprint density at radius 3 is 3.06 bits per heavy atom. The molecule has 1 aromatic rings. The summed E-state index contributed by atoms with van der Waals surface area (Å²) in [6.45, 7) is 2.82. The Balaban J connectivity index is 1.80. The molecule has 3 heterocycles. The largest absolute Gasteiger partial charge is 0.383 e. The number of urea groups is 1. The lowest BCUT2D eigenvalue weighted by Gasteiger charge is -2.36. The number of anilines is 2. The standard InChI is InChI=1S/C10H13BrN6O/c11-7-3-8(12)15-9(14-7)16-1-2-17-6(5-16)4-13-10(17)18/h3,6H,1-2,4-5H2,(H,13,18)(H2,12,14,15). The van der Waals surface area contributed by atoms with Crippen LogP contribution in [0, 0.1) is 0 Å². The first-order chi connectivity index (χ1) is 8.63. The Labute approximate surface area is 112 Å². The number of halogens is 1. The number of hydrogen-bond donors (Lipinski definition) is 2. The van der Waals surface area contributed by atoms with E-state index in [-0.39, 0.29) is 12.1 Å². The van der Waals surface area contributed by atoms with Crippen molar-refractivity contribution in [2.45, 2.75) is 6.04 Å². The predicted octanol–water partition coefficient (Wildman–Crippen LogP) is 0.0351. The molecule has 0 bridgehead atoms. The third-order valence-electron chi connectivity index (χ3n) is 3.22. The molecule has 8 heteroatoms. The van der Waals surface area contributed by atoms with Gasteiger partial charge in [0.1, 0.15) is 10.4 Å². The van der Waals surface area contributed by atoms with Gasteiger partial charge in [0.25, 0.3) is 0 Å². The van der Waals surface area contributed by atoms with E-state index in [0.717, 1.165) is 13.1 Å². The van der Waals surface area contributed by atoms with Crippen LogP contribution in [0.2, 0.25) is 0 Å². The first-order valence-corrected chi connectivity index (χ1v) is 6.52. The second-order valence-corrected chi connectivity index (χ2v) is 5.21. The summed E-state index contributed by atoms with van der Waals surface area (Å²) in [5.41, 5.74) is 5.71. The molecule has 2 aliphatic rings. The number of fused-ring (bicyclic) bond motifs is 1. The lowest BCUT2D eigenvalue weighted by molar-refractivity contribution is 0.197. The summed E-state index contributed by atoms with van der Waals surface area (Å²) in [6, 6.07) is 1.88. The fraction of sp³-hybridized carbons (Fsp3) is 0.500. The van der Waals surface area contributed by atoms with Crippen LogP contribution in [0.1, 0.15) is 0 Å². The topological polar surface area (TPSA) is 87.4 Å². The van der Waals surface area contributed by atoms with E-state index in [2.05, 4.69) is 36.1 Å². The summed E-state index contributed by atoms with van der Waals surface area (Å²) in [4.78, 5) is 24.0. The molecule has 7 nitrogen and oxygen atoms in total. The van der Waals surface area contributed by atoms with E-state index in [1.807, 2.05) is 4.90 Å². The minimum Gasteiger partial charge on any atom is -0.383 e. The number of rotatable bonds is 1. The number of piperazine rings is 1. The van der Waals surface area contributed by atoms with Gasteiger partial charge >= 0.3 is 6.03 Å². The lowest BCUT2D eigenvalue weighted by atomic mass is 10.2. The molecular weight excluding hydrogens is 300 g/mol. The van der Waals surface area contributed by atoms with Crippen molar-refractivity contribution in [3.63, 3.8) is 0 Å². The molecule has 2 fully saturated rings. The molecule has 1 atom stereocenters. The van der Waals surface area contributed by atoms with Crippen LogP contribution in [0.3, 0.4) is 0 Å². The van der Waals surface area contributed by atoms with E-state index in [0.29, 0.717) is 29.5 Å². The van der Waals surface area contributed by atoms with Gasteiger partial charge in [-0.05, 0) is 15.9 Å². The maximum atomic E-state index is 11.5. The molecule has 2 saturated heterocycles. The van der Waals surface area contributed by atoms with Crippen molar-refractivity contribution in [3.8, 4) is 0 Å². The monoisotopic (exact) mass is 312 g/mol. The highest BCUT2D eigenvalue weighted by atomic mass is 79.9. The number of nitrogen functional groups attached to an aromatic ring is 1. The van der Waals surface area contributed by atoms with E-state index in [1.54, 1.807) is 6.07 Å². The molecule has 0 spiro atoms. The molecule has 3 rings (SSSR count). The Morgan fingerprint density at radius 1 is 1.44 bits per heavy atom. The molecule has 96 valence electrons. The molecule has 0 aliphatic carbocycles. The van der Waals surface area contributed by atoms with Crippen molar-refractivity contribution in [3.05, 3.63) is 10.7 Å². The zero-order chi connectivity index (χ0) is 12.7. The minimum atomic E-state index is 0.0225. The SMILES string of the molecule is Nc1cc(Br)nc(N2CCN3C(=O)NCC3C2)n1. The highest BCUT2D eigenvalue weighted by Gasteiger charge is 2.36. The van der Waals surface area contributed by atoms with Crippen LogP contribution in [-0.2, 0) is 0 Å². The quantitative estimate of drug-likeness (QED) is 0.715. The van der Waals surface area contributed by atoms with Crippen molar-refractivity contribution < 1.29 is 4.79 Å². The molecule has 3 N–H and O–H groups in total. The minimum absolute atomic E-state index is 0.0225. The fourth-order valence-corrected chi connectivity index (χ4v) is 2.74. The van der Waals surface area contributed by atoms with Gasteiger partial charge in [0.05, 0.1) is 6.04 Å². The lowest BCUT2D eigenvalue weighted by Crippen LogP contribution is -2.52. The number of hydrogen-bond acceptors (Lipinski definition) is 5. The Kier molecular flexibility index (Phi) is 2.73.